The summed E-state index contributed by atoms with van der Waals surface area (Å²) < 4.78 is 26.0. The summed E-state index contributed by atoms with van der Waals surface area (Å²) in [6, 6.07) is 10.3. The first-order valence-corrected chi connectivity index (χ1v) is 8.17. The Morgan fingerprint density at radius 1 is 0.852 bits per heavy atom. The largest absolute Gasteiger partial charge is 0.493 e. The highest BCUT2D eigenvalue weighted by Crippen LogP contribution is 2.38. The van der Waals surface area contributed by atoms with E-state index >= 15 is 0 Å². The Balaban J connectivity index is 1.97. The maximum atomic E-state index is 12.3. The van der Waals surface area contributed by atoms with E-state index < -0.39 is 18.4 Å². The van der Waals surface area contributed by atoms with Crippen molar-refractivity contribution in [2.75, 3.05) is 34.5 Å². The summed E-state index contributed by atoms with van der Waals surface area (Å²) in [5.41, 5.74) is 1.18. The van der Waals surface area contributed by atoms with Crippen LogP contribution in [0.15, 0.2) is 36.4 Å². The van der Waals surface area contributed by atoms with Gasteiger partial charge in [0, 0.05) is 5.56 Å². The first-order valence-electron chi connectivity index (χ1n) is 8.17. The SMILES string of the molecule is COc1cc(C(=O)COC(=O)COc2ccccc2C)cc(OC)c1OC. The van der Waals surface area contributed by atoms with Gasteiger partial charge >= 0.3 is 5.97 Å². The van der Waals surface area contributed by atoms with Gasteiger partial charge in [0.2, 0.25) is 11.5 Å². The molecule has 0 aliphatic carbocycles. The predicted molar refractivity (Wildman–Crippen MR) is 98.1 cm³/mol. The molecule has 2 aromatic rings. The number of methoxy groups -OCH3 is 3. The van der Waals surface area contributed by atoms with E-state index in [1.165, 1.54) is 33.5 Å². The Morgan fingerprint density at radius 2 is 1.48 bits per heavy atom. The highest BCUT2D eigenvalue weighted by atomic mass is 16.6. The van der Waals surface area contributed by atoms with Gasteiger partial charge in [-0.25, -0.2) is 4.79 Å². The summed E-state index contributed by atoms with van der Waals surface area (Å²) in [4.78, 5) is 24.2. The summed E-state index contributed by atoms with van der Waals surface area (Å²) in [6.45, 7) is 1.16. The minimum absolute atomic E-state index is 0.275. The quantitative estimate of drug-likeness (QED) is 0.493. The lowest BCUT2D eigenvalue weighted by atomic mass is 10.1. The molecule has 0 atom stereocenters. The van der Waals surface area contributed by atoms with Gasteiger partial charge in [0.1, 0.15) is 5.75 Å². The van der Waals surface area contributed by atoms with E-state index in [2.05, 4.69) is 0 Å². The Kier molecular flexibility index (Phi) is 7.05. The van der Waals surface area contributed by atoms with Gasteiger partial charge in [0.05, 0.1) is 21.3 Å². The van der Waals surface area contributed by atoms with Crippen molar-refractivity contribution in [1.29, 1.82) is 0 Å². The molecule has 0 radical (unpaired) electrons. The van der Waals surface area contributed by atoms with Crippen LogP contribution in [0.4, 0.5) is 0 Å². The summed E-state index contributed by atoms with van der Waals surface area (Å²) >= 11 is 0. The number of hydrogen-bond acceptors (Lipinski definition) is 7. The number of ether oxygens (including phenoxy) is 5. The van der Waals surface area contributed by atoms with E-state index in [-0.39, 0.29) is 12.2 Å². The molecular weight excluding hydrogens is 352 g/mol. The fraction of sp³-hybridized carbons (Fsp3) is 0.300. The summed E-state index contributed by atoms with van der Waals surface area (Å²) in [5.74, 6) is 0.604. The maximum absolute atomic E-state index is 12.3. The van der Waals surface area contributed by atoms with Crippen molar-refractivity contribution >= 4 is 11.8 Å². The van der Waals surface area contributed by atoms with Crippen LogP contribution in [0.5, 0.6) is 23.0 Å². The molecular formula is C20H22O7. The standard InChI is InChI=1S/C20H22O7/c1-13-7-5-6-8-16(13)26-12-19(22)27-11-15(21)14-9-17(23-2)20(25-4)18(10-14)24-3/h5-10H,11-12H2,1-4H3. The minimum atomic E-state index is -0.640. The zero-order valence-corrected chi connectivity index (χ0v) is 15.7. The van der Waals surface area contributed by atoms with Crippen molar-refractivity contribution in [3.05, 3.63) is 47.5 Å². The number of rotatable bonds is 9. The number of esters is 1. The van der Waals surface area contributed by atoms with Crippen LogP contribution in [0.25, 0.3) is 0 Å². The molecule has 0 heterocycles. The van der Waals surface area contributed by atoms with Crippen LogP contribution in [0.3, 0.4) is 0 Å². The third kappa shape index (κ3) is 5.13. The molecule has 2 rings (SSSR count). The molecule has 0 amide bonds. The first-order chi connectivity index (χ1) is 13.0. The molecule has 2 aromatic carbocycles. The van der Waals surface area contributed by atoms with Gasteiger partial charge in [-0.1, -0.05) is 18.2 Å². The summed E-state index contributed by atoms with van der Waals surface area (Å²) in [6.07, 6.45) is 0. The third-order valence-electron chi connectivity index (χ3n) is 3.79. The molecule has 7 nitrogen and oxygen atoms in total. The normalized spacial score (nSPS) is 10.1. The predicted octanol–water partition coefficient (Wildman–Crippen LogP) is 2.83. The highest BCUT2D eigenvalue weighted by molar-refractivity contribution is 5.99. The lowest BCUT2D eigenvalue weighted by molar-refractivity contribution is -0.144. The van der Waals surface area contributed by atoms with Crippen LogP contribution in [0.1, 0.15) is 15.9 Å². The Hall–Kier alpha value is -3.22. The summed E-state index contributed by atoms with van der Waals surface area (Å²) in [7, 11) is 4.38. The minimum Gasteiger partial charge on any atom is -0.493 e. The zero-order valence-electron chi connectivity index (χ0n) is 15.7. The van der Waals surface area contributed by atoms with Crippen molar-refractivity contribution in [1.82, 2.24) is 0 Å². The first kappa shape index (κ1) is 20.1. The fourth-order valence-electron chi connectivity index (χ4n) is 2.37. The molecule has 0 N–H and O–H groups in total. The molecule has 0 saturated carbocycles. The number of carbonyl (C=O) groups excluding carboxylic acids is 2. The van der Waals surface area contributed by atoms with E-state index in [9.17, 15) is 9.59 Å². The second-order valence-electron chi connectivity index (χ2n) is 5.55. The van der Waals surface area contributed by atoms with E-state index in [1.54, 1.807) is 6.07 Å². The van der Waals surface area contributed by atoms with Gasteiger partial charge < -0.3 is 23.7 Å². The number of carbonyl (C=O) groups is 2. The van der Waals surface area contributed by atoms with E-state index in [1.807, 2.05) is 25.1 Å². The monoisotopic (exact) mass is 374 g/mol. The third-order valence-corrected chi connectivity index (χ3v) is 3.79. The Bertz CT molecular complexity index is 789. The molecule has 0 aliphatic rings. The van der Waals surface area contributed by atoms with Gasteiger partial charge in [-0.2, -0.15) is 0 Å². The second-order valence-corrected chi connectivity index (χ2v) is 5.55. The second kappa shape index (κ2) is 9.47. The van der Waals surface area contributed by atoms with Crippen molar-refractivity contribution in [2.45, 2.75) is 6.92 Å². The Labute approximate surface area is 157 Å². The average Bonchev–Trinajstić information content (AvgIpc) is 2.70. The van der Waals surface area contributed by atoms with Crippen molar-refractivity contribution < 1.29 is 33.3 Å². The zero-order chi connectivity index (χ0) is 19.8. The summed E-state index contributed by atoms with van der Waals surface area (Å²) in [5, 5.41) is 0. The number of benzene rings is 2. The van der Waals surface area contributed by atoms with Crippen LogP contribution in [-0.4, -0.2) is 46.3 Å². The van der Waals surface area contributed by atoms with Gasteiger partial charge in [0.15, 0.2) is 24.7 Å². The smallest absolute Gasteiger partial charge is 0.344 e. The topological polar surface area (TPSA) is 80.3 Å². The number of hydrogen-bond donors (Lipinski definition) is 0. The van der Waals surface area contributed by atoms with Crippen molar-refractivity contribution in [3.63, 3.8) is 0 Å². The van der Waals surface area contributed by atoms with Crippen LogP contribution < -0.4 is 18.9 Å². The maximum Gasteiger partial charge on any atom is 0.344 e. The molecule has 0 aliphatic heterocycles. The average molecular weight is 374 g/mol. The highest BCUT2D eigenvalue weighted by Gasteiger charge is 2.18. The van der Waals surface area contributed by atoms with E-state index in [0.717, 1.165) is 5.56 Å². The molecule has 27 heavy (non-hydrogen) atoms. The van der Waals surface area contributed by atoms with Crippen LogP contribution in [-0.2, 0) is 9.53 Å². The van der Waals surface area contributed by atoms with Gasteiger partial charge in [-0.3, -0.25) is 4.79 Å². The van der Waals surface area contributed by atoms with Gasteiger partial charge in [-0.15, -0.1) is 0 Å². The lowest BCUT2D eigenvalue weighted by Gasteiger charge is -2.14. The van der Waals surface area contributed by atoms with Crippen molar-refractivity contribution in [2.24, 2.45) is 0 Å². The van der Waals surface area contributed by atoms with Crippen molar-refractivity contribution in [3.8, 4) is 23.0 Å². The van der Waals surface area contributed by atoms with Crippen LogP contribution >= 0.6 is 0 Å². The molecule has 0 unspecified atom stereocenters. The number of Topliss-reactive ketones (excluding diaryl/α,β-unsaturated/α-hetero) is 1. The Morgan fingerprint density at radius 3 is 2.04 bits per heavy atom. The molecule has 0 fully saturated rings. The molecule has 0 bridgehead atoms. The number of para-hydroxylation sites is 1. The molecule has 0 spiro atoms. The molecule has 0 aromatic heterocycles. The molecule has 144 valence electrons. The van der Waals surface area contributed by atoms with Crippen LogP contribution in [0, 0.1) is 6.92 Å². The van der Waals surface area contributed by atoms with E-state index in [0.29, 0.717) is 23.0 Å². The van der Waals surface area contributed by atoms with Gasteiger partial charge in [0.25, 0.3) is 0 Å². The molecule has 7 heteroatoms. The lowest BCUT2D eigenvalue weighted by Crippen LogP contribution is -2.19. The molecule has 0 saturated heterocycles. The number of ketones is 1. The van der Waals surface area contributed by atoms with E-state index in [4.69, 9.17) is 23.7 Å². The van der Waals surface area contributed by atoms with Gasteiger partial charge in [-0.05, 0) is 30.7 Å². The fourth-order valence-corrected chi connectivity index (χ4v) is 2.37. The van der Waals surface area contributed by atoms with Crippen LogP contribution in [0.2, 0.25) is 0 Å². The number of aryl methyl sites for hydroxylation is 1.